The predicted octanol–water partition coefficient (Wildman–Crippen LogP) is 7.77. The Hall–Kier alpha value is -3.64. The first-order chi connectivity index (χ1) is 13.9. The Bertz CT molecular complexity index is 1450. The maximum absolute atomic E-state index is 3.58. The van der Waals surface area contributed by atoms with Crippen molar-refractivity contribution in [3.63, 3.8) is 0 Å². The Morgan fingerprint density at radius 2 is 0.964 bits per heavy atom. The molecule has 0 aliphatic rings. The molecule has 0 heterocycles. The highest BCUT2D eigenvalue weighted by molar-refractivity contribution is 6.13. The quantitative estimate of drug-likeness (QED) is 0.265. The van der Waals surface area contributed by atoms with Gasteiger partial charge in [-0.3, -0.25) is 0 Å². The second-order valence-corrected chi connectivity index (χ2v) is 7.35. The van der Waals surface area contributed by atoms with Crippen molar-refractivity contribution in [2.75, 3.05) is 0 Å². The lowest BCUT2D eigenvalue weighted by Gasteiger charge is -2.13. The lowest BCUT2D eigenvalue weighted by molar-refractivity contribution is 1.70. The van der Waals surface area contributed by atoms with E-state index in [1.807, 2.05) is 0 Å². The fourth-order valence-corrected chi connectivity index (χ4v) is 4.32. The molecule has 6 rings (SSSR count). The number of benzene rings is 6. The van der Waals surface area contributed by atoms with Gasteiger partial charge in [0.05, 0.1) is 0 Å². The van der Waals surface area contributed by atoms with Gasteiger partial charge in [0, 0.05) is 0 Å². The third-order valence-corrected chi connectivity index (χ3v) is 5.66. The van der Waals surface area contributed by atoms with Gasteiger partial charge >= 0.3 is 0 Å². The topological polar surface area (TPSA) is 0 Å². The highest BCUT2D eigenvalue weighted by atomic mass is 14.1. The van der Waals surface area contributed by atoms with E-state index in [1.54, 1.807) is 0 Å². The summed E-state index contributed by atoms with van der Waals surface area (Å²) in [4.78, 5) is 0. The first kappa shape index (κ1) is 15.4. The average Bonchev–Trinajstić information content (AvgIpc) is 2.75. The Morgan fingerprint density at radius 3 is 1.64 bits per heavy atom. The van der Waals surface area contributed by atoms with E-state index in [0.717, 1.165) is 10.8 Å². The van der Waals surface area contributed by atoms with Crippen LogP contribution in [0.2, 0.25) is 0 Å². The van der Waals surface area contributed by atoms with Crippen molar-refractivity contribution >= 4 is 43.1 Å². The van der Waals surface area contributed by atoms with E-state index in [9.17, 15) is 0 Å². The van der Waals surface area contributed by atoms with Crippen LogP contribution >= 0.6 is 0 Å². The molecule has 0 bridgehead atoms. The van der Waals surface area contributed by atoms with Gasteiger partial charge in [0.15, 0.2) is 0 Å². The van der Waals surface area contributed by atoms with E-state index in [0.29, 0.717) is 0 Å². The fourth-order valence-electron chi connectivity index (χ4n) is 4.32. The normalized spacial score (nSPS) is 11.6. The molecule has 0 aliphatic carbocycles. The van der Waals surface area contributed by atoms with Crippen molar-refractivity contribution in [2.24, 2.45) is 0 Å². The van der Waals surface area contributed by atoms with E-state index in [4.69, 9.17) is 0 Å². The Balaban J connectivity index is 1.72. The molecule has 0 nitrogen and oxygen atoms in total. The highest BCUT2D eigenvalue weighted by Crippen LogP contribution is 2.37. The zero-order valence-corrected chi connectivity index (χ0v) is 15.3. The van der Waals surface area contributed by atoms with Crippen molar-refractivity contribution in [2.45, 2.75) is 0 Å². The van der Waals surface area contributed by atoms with E-state index >= 15 is 0 Å². The van der Waals surface area contributed by atoms with Gasteiger partial charge in [-0.25, -0.2) is 0 Å². The molecular formula is C28H17. The summed E-state index contributed by atoms with van der Waals surface area (Å²) in [6.07, 6.45) is 0. The SMILES string of the molecule is [c]1c2ccccc2c(-c2ccc3cc4ccccc4cc3c2)c2ccccc12. The summed E-state index contributed by atoms with van der Waals surface area (Å²) >= 11 is 0. The number of rotatable bonds is 1. The van der Waals surface area contributed by atoms with E-state index < -0.39 is 0 Å². The third kappa shape index (κ3) is 2.32. The zero-order chi connectivity index (χ0) is 18.5. The summed E-state index contributed by atoms with van der Waals surface area (Å²) in [5.41, 5.74) is 2.55. The van der Waals surface area contributed by atoms with Gasteiger partial charge in [0.25, 0.3) is 0 Å². The molecular weight excluding hydrogens is 336 g/mol. The first-order valence-electron chi connectivity index (χ1n) is 9.62. The standard InChI is InChI=1S/C28H17/c1-2-8-20-16-25-18-24(14-13-21(25)15-19(20)7-1)28-26-11-5-3-9-22(26)17-23-10-4-6-12-27(23)28/h1-16,18H. The monoisotopic (exact) mass is 353 g/mol. The molecule has 0 unspecified atom stereocenters. The van der Waals surface area contributed by atoms with Crippen molar-refractivity contribution < 1.29 is 0 Å². The van der Waals surface area contributed by atoms with Crippen LogP contribution in [-0.2, 0) is 0 Å². The molecule has 129 valence electrons. The lowest BCUT2D eigenvalue weighted by Crippen LogP contribution is -1.86. The molecule has 0 heteroatoms. The van der Waals surface area contributed by atoms with Gasteiger partial charge in [-0.05, 0) is 78.5 Å². The molecule has 0 atom stereocenters. The Morgan fingerprint density at radius 1 is 0.429 bits per heavy atom. The van der Waals surface area contributed by atoms with Crippen LogP contribution in [-0.4, -0.2) is 0 Å². The summed E-state index contributed by atoms with van der Waals surface area (Å²) in [5.74, 6) is 0. The molecule has 0 aromatic heterocycles. The van der Waals surface area contributed by atoms with Crippen molar-refractivity contribution in [1.82, 2.24) is 0 Å². The lowest BCUT2D eigenvalue weighted by atomic mass is 9.90. The van der Waals surface area contributed by atoms with Crippen LogP contribution in [0.4, 0.5) is 0 Å². The maximum atomic E-state index is 3.58. The van der Waals surface area contributed by atoms with Crippen LogP contribution < -0.4 is 0 Å². The van der Waals surface area contributed by atoms with Crippen LogP contribution in [0, 0.1) is 6.07 Å². The number of hydrogen-bond donors (Lipinski definition) is 0. The van der Waals surface area contributed by atoms with Gasteiger partial charge in [-0.2, -0.15) is 0 Å². The molecule has 0 amide bonds. The molecule has 0 spiro atoms. The average molecular weight is 353 g/mol. The molecule has 0 saturated heterocycles. The second-order valence-electron chi connectivity index (χ2n) is 7.35. The minimum Gasteiger partial charge on any atom is -0.0616 e. The molecule has 0 aliphatic heterocycles. The molecule has 6 aromatic carbocycles. The summed E-state index contributed by atoms with van der Waals surface area (Å²) in [5, 5.41) is 9.94. The van der Waals surface area contributed by atoms with Gasteiger partial charge in [-0.15, -0.1) is 0 Å². The van der Waals surface area contributed by atoms with Crippen LogP contribution in [0.5, 0.6) is 0 Å². The van der Waals surface area contributed by atoms with Gasteiger partial charge < -0.3 is 0 Å². The minimum absolute atomic E-state index is 1.16. The second kappa shape index (κ2) is 5.94. The zero-order valence-electron chi connectivity index (χ0n) is 15.3. The third-order valence-electron chi connectivity index (χ3n) is 5.66. The molecule has 0 N–H and O–H groups in total. The summed E-state index contributed by atoms with van der Waals surface area (Å²) in [6.45, 7) is 0. The summed E-state index contributed by atoms with van der Waals surface area (Å²) in [6, 6.07) is 40.7. The smallest absolute Gasteiger partial charge is 0.00139 e. The largest absolute Gasteiger partial charge is 0.0616 e. The van der Waals surface area contributed by atoms with Crippen LogP contribution in [0.25, 0.3) is 54.2 Å². The first-order valence-corrected chi connectivity index (χ1v) is 9.62. The van der Waals surface area contributed by atoms with E-state index in [2.05, 4.69) is 109 Å². The van der Waals surface area contributed by atoms with E-state index in [1.165, 1.54) is 43.4 Å². The van der Waals surface area contributed by atoms with Crippen LogP contribution in [0.15, 0.2) is 103 Å². The maximum Gasteiger partial charge on any atom is -0.00139 e. The highest BCUT2D eigenvalue weighted by Gasteiger charge is 2.10. The molecule has 6 aromatic rings. The van der Waals surface area contributed by atoms with Gasteiger partial charge in [0.1, 0.15) is 0 Å². The predicted molar refractivity (Wildman–Crippen MR) is 121 cm³/mol. The van der Waals surface area contributed by atoms with Crippen molar-refractivity contribution in [3.05, 3.63) is 109 Å². The fraction of sp³-hybridized carbons (Fsp3) is 0. The van der Waals surface area contributed by atoms with Crippen LogP contribution in [0.3, 0.4) is 0 Å². The van der Waals surface area contributed by atoms with Crippen LogP contribution in [0.1, 0.15) is 0 Å². The number of fused-ring (bicyclic) bond motifs is 4. The van der Waals surface area contributed by atoms with E-state index in [-0.39, 0.29) is 0 Å². The molecule has 1 radical (unpaired) electrons. The number of hydrogen-bond acceptors (Lipinski definition) is 0. The summed E-state index contributed by atoms with van der Waals surface area (Å²) in [7, 11) is 0. The van der Waals surface area contributed by atoms with Crippen molar-refractivity contribution in [3.8, 4) is 11.1 Å². The molecule has 28 heavy (non-hydrogen) atoms. The van der Waals surface area contributed by atoms with Gasteiger partial charge in [-0.1, -0.05) is 84.9 Å². The molecule has 0 fully saturated rings. The Labute approximate surface area is 163 Å². The van der Waals surface area contributed by atoms with Gasteiger partial charge in [0.2, 0.25) is 0 Å². The Kier molecular flexibility index (Phi) is 3.27. The minimum atomic E-state index is 1.16. The summed E-state index contributed by atoms with van der Waals surface area (Å²) < 4.78 is 0. The van der Waals surface area contributed by atoms with Crippen molar-refractivity contribution in [1.29, 1.82) is 0 Å². The molecule has 0 saturated carbocycles.